The van der Waals surface area contributed by atoms with Crippen molar-refractivity contribution in [2.75, 3.05) is 7.05 Å². The van der Waals surface area contributed by atoms with Crippen molar-refractivity contribution >= 4 is 5.91 Å². The van der Waals surface area contributed by atoms with Gasteiger partial charge in [0.2, 0.25) is 5.91 Å². The molecule has 19 heavy (non-hydrogen) atoms. The maximum Gasteiger partial charge on any atom is 0.222 e. The maximum absolute atomic E-state index is 12.3. The fourth-order valence-electron chi connectivity index (χ4n) is 3.75. The minimum Gasteiger partial charge on any atom is -0.353 e. The lowest BCUT2D eigenvalue weighted by atomic mass is 9.79. The van der Waals surface area contributed by atoms with E-state index < -0.39 is 0 Å². The molecule has 0 radical (unpaired) electrons. The highest BCUT2D eigenvalue weighted by Crippen LogP contribution is 2.30. The van der Waals surface area contributed by atoms with Gasteiger partial charge in [-0.15, -0.1) is 0 Å². The van der Waals surface area contributed by atoms with Crippen LogP contribution in [0.1, 0.15) is 77.0 Å². The second-order valence-electron chi connectivity index (χ2n) is 6.52. The van der Waals surface area contributed by atoms with E-state index in [2.05, 4.69) is 10.6 Å². The Morgan fingerprint density at radius 1 is 1.00 bits per heavy atom. The molecule has 2 N–H and O–H groups in total. The van der Waals surface area contributed by atoms with Gasteiger partial charge in [-0.3, -0.25) is 4.79 Å². The lowest BCUT2D eigenvalue weighted by Gasteiger charge is -2.37. The molecule has 1 amide bonds. The number of hydrogen-bond acceptors (Lipinski definition) is 2. The summed E-state index contributed by atoms with van der Waals surface area (Å²) in [6.45, 7) is 0. The predicted molar refractivity (Wildman–Crippen MR) is 79.1 cm³/mol. The largest absolute Gasteiger partial charge is 0.353 e. The molecule has 0 heterocycles. The Bertz CT molecular complexity index is 276. The highest BCUT2D eigenvalue weighted by Gasteiger charge is 2.33. The molecule has 0 spiro atoms. The van der Waals surface area contributed by atoms with Crippen molar-refractivity contribution in [1.29, 1.82) is 0 Å². The Morgan fingerprint density at radius 2 is 1.58 bits per heavy atom. The number of hydrogen-bond donors (Lipinski definition) is 2. The van der Waals surface area contributed by atoms with Crippen LogP contribution in [-0.2, 0) is 4.79 Å². The smallest absolute Gasteiger partial charge is 0.222 e. The van der Waals surface area contributed by atoms with Gasteiger partial charge in [0.1, 0.15) is 0 Å². The maximum atomic E-state index is 12.3. The zero-order valence-corrected chi connectivity index (χ0v) is 12.5. The van der Waals surface area contributed by atoms with E-state index >= 15 is 0 Å². The molecule has 0 aromatic heterocycles. The fraction of sp³-hybridized carbons (Fsp3) is 0.938. The summed E-state index contributed by atoms with van der Waals surface area (Å²) in [5.74, 6) is 0.267. The van der Waals surface area contributed by atoms with Crippen LogP contribution >= 0.6 is 0 Å². The summed E-state index contributed by atoms with van der Waals surface area (Å²) in [5, 5.41) is 6.72. The van der Waals surface area contributed by atoms with Crippen LogP contribution < -0.4 is 10.6 Å². The molecule has 110 valence electrons. The van der Waals surface area contributed by atoms with Crippen LogP contribution in [0.5, 0.6) is 0 Å². The monoisotopic (exact) mass is 266 g/mol. The van der Waals surface area contributed by atoms with Gasteiger partial charge in [-0.05, 0) is 32.7 Å². The first-order valence-electron chi connectivity index (χ1n) is 8.22. The van der Waals surface area contributed by atoms with E-state index in [1.165, 1.54) is 57.8 Å². The van der Waals surface area contributed by atoms with Crippen molar-refractivity contribution in [1.82, 2.24) is 10.6 Å². The summed E-state index contributed by atoms with van der Waals surface area (Å²) in [5.41, 5.74) is 0.0765. The molecule has 0 unspecified atom stereocenters. The number of carbonyl (C=O) groups is 1. The molecular weight excluding hydrogens is 236 g/mol. The summed E-state index contributed by atoms with van der Waals surface area (Å²) in [6, 6.07) is 0.437. The Kier molecular flexibility index (Phi) is 5.68. The lowest BCUT2D eigenvalue weighted by molar-refractivity contribution is -0.123. The second kappa shape index (κ2) is 7.28. The van der Waals surface area contributed by atoms with E-state index in [0.29, 0.717) is 12.5 Å². The topological polar surface area (TPSA) is 41.1 Å². The van der Waals surface area contributed by atoms with Gasteiger partial charge >= 0.3 is 0 Å². The highest BCUT2D eigenvalue weighted by atomic mass is 16.1. The minimum atomic E-state index is 0.0765. The molecule has 2 fully saturated rings. The van der Waals surface area contributed by atoms with Gasteiger partial charge in [-0.1, -0.05) is 44.9 Å². The van der Waals surface area contributed by atoms with Gasteiger partial charge in [0.25, 0.3) is 0 Å². The molecule has 0 aromatic carbocycles. The Labute approximate surface area is 117 Å². The summed E-state index contributed by atoms with van der Waals surface area (Å²) in [6.07, 6.45) is 14.4. The van der Waals surface area contributed by atoms with Crippen molar-refractivity contribution in [3.8, 4) is 0 Å². The zero-order chi connectivity index (χ0) is 13.6. The molecule has 2 saturated carbocycles. The Hall–Kier alpha value is -0.570. The van der Waals surface area contributed by atoms with Gasteiger partial charge in [0.05, 0.1) is 0 Å². The van der Waals surface area contributed by atoms with Crippen LogP contribution in [-0.4, -0.2) is 24.5 Å². The Morgan fingerprint density at radius 3 is 2.16 bits per heavy atom. The summed E-state index contributed by atoms with van der Waals surface area (Å²) < 4.78 is 0. The van der Waals surface area contributed by atoms with Gasteiger partial charge in [-0.25, -0.2) is 0 Å². The van der Waals surface area contributed by atoms with Gasteiger partial charge in [0.15, 0.2) is 0 Å². The third-order valence-corrected chi connectivity index (χ3v) is 5.06. The number of rotatable bonds is 4. The molecule has 2 aliphatic rings. The van der Waals surface area contributed by atoms with E-state index in [1.807, 2.05) is 7.05 Å². The molecule has 2 aliphatic carbocycles. The molecular formula is C16H30N2O. The molecule has 3 heteroatoms. The van der Waals surface area contributed by atoms with E-state index in [4.69, 9.17) is 0 Å². The predicted octanol–water partition coefficient (Wildman–Crippen LogP) is 3.14. The minimum absolute atomic E-state index is 0.0765. The van der Waals surface area contributed by atoms with Gasteiger partial charge in [-0.2, -0.15) is 0 Å². The van der Waals surface area contributed by atoms with E-state index in [0.717, 1.165) is 12.8 Å². The normalized spacial score (nSPS) is 24.7. The third kappa shape index (κ3) is 4.48. The first kappa shape index (κ1) is 14.8. The van der Waals surface area contributed by atoms with Crippen LogP contribution in [0, 0.1) is 0 Å². The van der Waals surface area contributed by atoms with Gasteiger partial charge < -0.3 is 10.6 Å². The van der Waals surface area contributed by atoms with Crippen LogP contribution in [0.25, 0.3) is 0 Å². The fourth-order valence-corrected chi connectivity index (χ4v) is 3.75. The van der Waals surface area contributed by atoms with Crippen molar-refractivity contribution in [2.45, 2.75) is 88.6 Å². The molecule has 2 rings (SSSR count). The first-order chi connectivity index (χ1) is 9.24. The molecule has 0 bridgehead atoms. The number of nitrogens with one attached hydrogen (secondary N) is 2. The van der Waals surface area contributed by atoms with E-state index in [-0.39, 0.29) is 11.4 Å². The Balaban J connectivity index is 1.81. The van der Waals surface area contributed by atoms with Crippen molar-refractivity contribution < 1.29 is 4.79 Å². The molecule has 0 saturated heterocycles. The molecule has 3 nitrogen and oxygen atoms in total. The SMILES string of the molecule is CNC1(CC(=O)NC2CCCCCC2)CCCCC1. The van der Waals surface area contributed by atoms with Crippen LogP contribution in [0.2, 0.25) is 0 Å². The summed E-state index contributed by atoms with van der Waals surface area (Å²) in [4.78, 5) is 12.3. The highest BCUT2D eigenvalue weighted by molar-refractivity contribution is 5.77. The average molecular weight is 266 g/mol. The lowest BCUT2D eigenvalue weighted by Crippen LogP contribution is -2.49. The third-order valence-electron chi connectivity index (χ3n) is 5.06. The van der Waals surface area contributed by atoms with Gasteiger partial charge in [0, 0.05) is 18.0 Å². The van der Waals surface area contributed by atoms with E-state index in [9.17, 15) is 4.79 Å². The van der Waals surface area contributed by atoms with Crippen LogP contribution in [0.4, 0.5) is 0 Å². The van der Waals surface area contributed by atoms with Crippen molar-refractivity contribution in [2.24, 2.45) is 0 Å². The first-order valence-corrected chi connectivity index (χ1v) is 8.22. The number of amides is 1. The van der Waals surface area contributed by atoms with Crippen molar-refractivity contribution in [3.63, 3.8) is 0 Å². The summed E-state index contributed by atoms with van der Waals surface area (Å²) in [7, 11) is 2.02. The molecule has 0 atom stereocenters. The second-order valence-corrected chi connectivity index (χ2v) is 6.52. The standard InChI is InChI=1S/C16H30N2O/c1-17-16(11-7-4-8-12-16)13-15(19)18-14-9-5-2-3-6-10-14/h14,17H,2-13H2,1H3,(H,18,19). The zero-order valence-electron chi connectivity index (χ0n) is 12.5. The number of carbonyl (C=O) groups excluding carboxylic acids is 1. The average Bonchev–Trinajstić information content (AvgIpc) is 2.68. The van der Waals surface area contributed by atoms with Crippen molar-refractivity contribution in [3.05, 3.63) is 0 Å². The summed E-state index contributed by atoms with van der Waals surface area (Å²) >= 11 is 0. The quantitative estimate of drug-likeness (QED) is 0.768. The molecule has 0 aromatic rings. The van der Waals surface area contributed by atoms with E-state index in [1.54, 1.807) is 0 Å². The van der Waals surface area contributed by atoms with Crippen LogP contribution in [0.15, 0.2) is 0 Å². The molecule has 0 aliphatic heterocycles. The van der Waals surface area contributed by atoms with Crippen LogP contribution in [0.3, 0.4) is 0 Å².